The van der Waals surface area contributed by atoms with E-state index in [1.807, 2.05) is 13.8 Å². The Morgan fingerprint density at radius 2 is 2.14 bits per heavy atom. The molecule has 1 atom stereocenters. The average Bonchev–Trinajstić information content (AvgIpc) is 2.96. The minimum atomic E-state index is -0.448. The van der Waals surface area contributed by atoms with E-state index in [0.29, 0.717) is 12.5 Å². The van der Waals surface area contributed by atoms with Crippen molar-refractivity contribution in [3.05, 3.63) is 0 Å². The summed E-state index contributed by atoms with van der Waals surface area (Å²) in [5.74, 6) is 0.808. The summed E-state index contributed by atoms with van der Waals surface area (Å²) in [6.45, 7) is 4.49. The molecule has 1 fully saturated rings. The van der Waals surface area contributed by atoms with Gasteiger partial charge in [0.2, 0.25) is 0 Å². The van der Waals surface area contributed by atoms with E-state index in [-0.39, 0.29) is 11.9 Å². The van der Waals surface area contributed by atoms with E-state index in [1.54, 1.807) is 0 Å². The molecule has 0 spiro atoms. The third-order valence-electron chi connectivity index (χ3n) is 3.41. The third-order valence-corrected chi connectivity index (χ3v) is 3.41. The molecule has 0 aromatic heterocycles. The van der Waals surface area contributed by atoms with Gasteiger partial charge in [0.05, 0.1) is 12.5 Å². The van der Waals surface area contributed by atoms with Crippen molar-refractivity contribution >= 4 is 5.97 Å². The molecule has 0 aromatic rings. The standard InChI is InChI=1S/C11H21NO2/c1-8(2)11(7-12,10(13)14-3)6-9-4-5-9/h8-9H,4-7,12H2,1-3H3. The Morgan fingerprint density at radius 3 is 2.43 bits per heavy atom. The lowest BCUT2D eigenvalue weighted by Gasteiger charge is -2.33. The normalized spacial score (nSPS) is 20.6. The Kier molecular flexibility index (Phi) is 3.53. The van der Waals surface area contributed by atoms with Gasteiger partial charge in [0, 0.05) is 6.54 Å². The zero-order valence-corrected chi connectivity index (χ0v) is 9.38. The van der Waals surface area contributed by atoms with Crippen molar-refractivity contribution < 1.29 is 9.53 Å². The summed E-state index contributed by atoms with van der Waals surface area (Å²) in [4.78, 5) is 11.8. The highest BCUT2D eigenvalue weighted by molar-refractivity contribution is 5.77. The van der Waals surface area contributed by atoms with E-state index in [0.717, 1.165) is 6.42 Å². The van der Waals surface area contributed by atoms with Gasteiger partial charge in [0.1, 0.15) is 0 Å². The number of carbonyl (C=O) groups excluding carboxylic acids is 1. The van der Waals surface area contributed by atoms with Crippen LogP contribution in [0.15, 0.2) is 0 Å². The van der Waals surface area contributed by atoms with Crippen molar-refractivity contribution in [3.63, 3.8) is 0 Å². The van der Waals surface area contributed by atoms with Gasteiger partial charge in [0.15, 0.2) is 0 Å². The molecule has 3 nitrogen and oxygen atoms in total. The summed E-state index contributed by atoms with van der Waals surface area (Å²) >= 11 is 0. The van der Waals surface area contributed by atoms with Crippen molar-refractivity contribution in [2.75, 3.05) is 13.7 Å². The van der Waals surface area contributed by atoms with E-state index in [4.69, 9.17) is 10.5 Å². The zero-order chi connectivity index (χ0) is 10.8. The Morgan fingerprint density at radius 1 is 1.57 bits per heavy atom. The second-order valence-corrected chi connectivity index (χ2v) is 4.65. The molecule has 1 aliphatic carbocycles. The fraction of sp³-hybridized carbons (Fsp3) is 0.909. The molecule has 1 aliphatic rings. The smallest absolute Gasteiger partial charge is 0.313 e. The first kappa shape index (κ1) is 11.5. The van der Waals surface area contributed by atoms with Gasteiger partial charge in [-0.05, 0) is 18.3 Å². The number of carbonyl (C=O) groups is 1. The van der Waals surface area contributed by atoms with Crippen LogP contribution < -0.4 is 5.73 Å². The van der Waals surface area contributed by atoms with Crippen LogP contribution in [-0.4, -0.2) is 19.6 Å². The lowest BCUT2D eigenvalue weighted by atomic mass is 9.73. The van der Waals surface area contributed by atoms with Crippen molar-refractivity contribution in [3.8, 4) is 0 Å². The molecule has 1 rings (SSSR count). The maximum atomic E-state index is 11.8. The Bertz CT molecular complexity index is 211. The van der Waals surface area contributed by atoms with Crippen molar-refractivity contribution in [1.29, 1.82) is 0 Å². The first-order valence-electron chi connectivity index (χ1n) is 5.35. The van der Waals surface area contributed by atoms with Crippen LogP contribution in [0.2, 0.25) is 0 Å². The van der Waals surface area contributed by atoms with Gasteiger partial charge >= 0.3 is 5.97 Å². The van der Waals surface area contributed by atoms with Gasteiger partial charge in [-0.2, -0.15) is 0 Å². The molecule has 0 aliphatic heterocycles. The van der Waals surface area contributed by atoms with Crippen LogP contribution in [0.4, 0.5) is 0 Å². The van der Waals surface area contributed by atoms with Gasteiger partial charge in [-0.15, -0.1) is 0 Å². The van der Waals surface area contributed by atoms with E-state index in [2.05, 4.69) is 0 Å². The predicted molar refractivity (Wildman–Crippen MR) is 55.7 cm³/mol. The second kappa shape index (κ2) is 4.30. The number of nitrogens with two attached hydrogens (primary N) is 1. The first-order valence-corrected chi connectivity index (χ1v) is 5.35. The van der Waals surface area contributed by atoms with Gasteiger partial charge in [-0.25, -0.2) is 0 Å². The Hall–Kier alpha value is -0.570. The molecule has 1 saturated carbocycles. The highest BCUT2D eigenvalue weighted by Crippen LogP contribution is 2.44. The van der Waals surface area contributed by atoms with Crippen LogP contribution in [0.25, 0.3) is 0 Å². The minimum Gasteiger partial charge on any atom is -0.469 e. The molecule has 1 unspecified atom stereocenters. The molecule has 0 bridgehead atoms. The second-order valence-electron chi connectivity index (χ2n) is 4.65. The van der Waals surface area contributed by atoms with Crippen molar-refractivity contribution in [2.45, 2.75) is 33.1 Å². The summed E-state index contributed by atoms with van der Waals surface area (Å²) in [6.07, 6.45) is 3.38. The highest BCUT2D eigenvalue weighted by atomic mass is 16.5. The quantitative estimate of drug-likeness (QED) is 0.684. The molecule has 0 amide bonds. The monoisotopic (exact) mass is 199 g/mol. The van der Waals surface area contributed by atoms with Crippen LogP contribution in [0.5, 0.6) is 0 Å². The molecule has 3 heteroatoms. The fourth-order valence-electron chi connectivity index (χ4n) is 2.00. The third kappa shape index (κ3) is 2.08. The first-order chi connectivity index (χ1) is 6.56. The summed E-state index contributed by atoms with van der Waals surface area (Å²) in [5, 5.41) is 0. The molecular formula is C11H21NO2. The van der Waals surface area contributed by atoms with Gasteiger partial charge in [-0.1, -0.05) is 26.7 Å². The molecule has 0 aromatic carbocycles. The summed E-state index contributed by atoms with van der Waals surface area (Å²) in [6, 6.07) is 0. The number of methoxy groups -OCH3 is 1. The van der Waals surface area contributed by atoms with Crippen LogP contribution in [0.3, 0.4) is 0 Å². The SMILES string of the molecule is COC(=O)C(CN)(CC1CC1)C(C)C. The van der Waals surface area contributed by atoms with Crippen LogP contribution in [-0.2, 0) is 9.53 Å². The number of esters is 1. The molecular weight excluding hydrogens is 178 g/mol. The van der Waals surface area contributed by atoms with E-state index in [1.165, 1.54) is 20.0 Å². The van der Waals surface area contributed by atoms with E-state index >= 15 is 0 Å². The maximum Gasteiger partial charge on any atom is 0.313 e. The number of rotatable bonds is 5. The zero-order valence-electron chi connectivity index (χ0n) is 9.38. The maximum absolute atomic E-state index is 11.8. The highest BCUT2D eigenvalue weighted by Gasteiger charge is 2.45. The van der Waals surface area contributed by atoms with Gasteiger partial charge in [0.25, 0.3) is 0 Å². The Labute approximate surface area is 86.0 Å². The number of hydrogen-bond donors (Lipinski definition) is 1. The average molecular weight is 199 g/mol. The molecule has 0 radical (unpaired) electrons. The predicted octanol–water partition coefficient (Wildman–Crippen LogP) is 1.56. The lowest BCUT2D eigenvalue weighted by Crippen LogP contribution is -2.44. The summed E-state index contributed by atoms with van der Waals surface area (Å²) in [5.41, 5.74) is 5.31. The van der Waals surface area contributed by atoms with Gasteiger partial charge in [-0.3, -0.25) is 4.79 Å². The van der Waals surface area contributed by atoms with Crippen molar-refractivity contribution in [1.82, 2.24) is 0 Å². The molecule has 82 valence electrons. The van der Waals surface area contributed by atoms with Crippen LogP contribution in [0, 0.1) is 17.3 Å². The van der Waals surface area contributed by atoms with E-state index < -0.39 is 5.41 Å². The molecule has 2 N–H and O–H groups in total. The minimum absolute atomic E-state index is 0.137. The fourth-order valence-corrected chi connectivity index (χ4v) is 2.00. The van der Waals surface area contributed by atoms with Gasteiger partial charge < -0.3 is 10.5 Å². The number of hydrogen-bond acceptors (Lipinski definition) is 3. The summed E-state index contributed by atoms with van der Waals surface area (Å²) in [7, 11) is 1.45. The Balaban J connectivity index is 2.77. The van der Waals surface area contributed by atoms with Crippen LogP contribution in [0.1, 0.15) is 33.1 Å². The molecule has 0 saturated heterocycles. The topological polar surface area (TPSA) is 52.3 Å². The largest absolute Gasteiger partial charge is 0.469 e. The number of ether oxygens (including phenoxy) is 1. The lowest BCUT2D eigenvalue weighted by molar-refractivity contribution is -0.156. The molecule has 14 heavy (non-hydrogen) atoms. The van der Waals surface area contributed by atoms with E-state index in [9.17, 15) is 4.79 Å². The molecule has 0 heterocycles. The van der Waals surface area contributed by atoms with Crippen LogP contribution >= 0.6 is 0 Å². The van der Waals surface area contributed by atoms with Crippen molar-refractivity contribution in [2.24, 2.45) is 23.0 Å². The summed E-state index contributed by atoms with van der Waals surface area (Å²) < 4.78 is 4.88.